The Morgan fingerprint density at radius 1 is 1.35 bits per heavy atom. The molecule has 110 valence electrons. The highest BCUT2D eigenvalue weighted by Crippen LogP contribution is 2.29. The van der Waals surface area contributed by atoms with Crippen LogP contribution < -0.4 is 10.6 Å². The fraction of sp³-hybridized carbons (Fsp3) is 0.333. The van der Waals surface area contributed by atoms with E-state index in [9.17, 15) is 22.8 Å². The van der Waals surface area contributed by atoms with Crippen LogP contribution >= 0.6 is 0 Å². The Kier molecular flexibility index (Phi) is 4.95. The van der Waals surface area contributed by atoms with Crippen LogP contribution in [0.25, 0.3) is 0 Å². The van der Waals surface area contributed by atoms with E-state index in [2.05, 4.69) is 10.6 Å². The van der Waals surface area contributed by atoms with Crippen molar-refractivity contribution in [3.8, 4) is 0 Å². The molecule has 5 nitrogen and oxygen atoms in total. The molecular formula is C12H13F3N2O3. The molecule has 0 bridgehead atoms. The van der Waals surface area contributed by atoms with Crippen LogP contribution in [0.1, 0.15) is 18.1 Å². The second-order valence-electron chi connectivity index (χ2n) is 4.09. The van der Waals surface area contributed by atoms with Crippen molar-refractivity contribution >= 4 is 12.0 Å². The van der Waals surface area contributed by atoms with Crippen LogP contribution in [0.15, 0.2) is 24.3 Å². The molecule has 0 aliphatic carbocycles. The molecule has 0 unspecified atom stereocenters. The van der Waals surface area contributed by atoms with Gasteiger partial charge in [0.25, 0.3) is 0 Å². The van der Waals surface area contributed by atoms with Gasteiger partial charge < -0.3 is 15.7 Å². The lowest BCUT2D eigenvalue weighted by molar-refractivity contribution is -0.139. The van der Waals surface area contributed by atoms with E-state index in [0.29, 0.717) is 0 Å². The fourth-order valence-electron chi connectivity index (χ4n) is 1.35. The Bertz CT molecular complexity index is 503. The van der Waals surface area contributed by atoms with Crippen molar-refractivity contribution in [2.24, 2.45) is 0 Å². The molecule has 2 amide bonds. The first-order chi connectivity index (χ1) is 9.20. The predicted molar refractivity (Wildman–Crippen MR) is 63.9 cm³/mol. The maximum absolute atomic E-state index is 12.5. The van der Waals surface area contributed by atoms with Gasteiger partial charge in [-0.05, 0) is 24.6 Å². The van der Waals surface area contributed by atoms with Gasteiger partial charge in [-0.3, -0.25) is 4.79 Å². The first-order valence-corrected chi connectivity index (χ1v) is 5.63. The Labute approximate surface area is 112 Å². The molecule has 0 aromatic heterocycles. The van der Waals surface area contributed by atoms with Crippen molar-refractivity contribution in [2.75, 3.05) is 0 Å². The largest absolute Gasteiger partial charge is 0.480 e. The number of carboxylic acids is 1. The Balaban J connectivity index is 2.58. The quantitative estimate of drug-likeness (QED) is 0.793. The van der Waals surface area contributed by atoms with Crippen molar-refractivity contribution in [1.29, 1.82) is 0 Å². The summed E-state index contributed by atoms with van der Waals surface area (Å²) in [5.41, 5.74) is -0.547. The maximum Gasteiger partial charge on any atom is 0.416 e. The molecule has 8 heteroatoms. The number of hydrogen-bond acceptors (Lipinski definition) is 2. The number of rotatable bonds is 4. The van der Waals surface area contributed by atoms with Gasteiger partial charge in [0.15, 0.2) is 0 Å². The Morgan fingerprint density at radius 2 is 2.00 bits per heavy atom. The van der Waals surface area contributed by atoms with E-state index in [4.69, 9.17) is 5.11 Å². The minimum Gasteiger partial charge on any atom is -0.480 e. The maximum atomic E-state index is 12.5. The molecule has 0 heterocycles. The predicted octanol–water partition coefficient (Wildman–Crippen LogP) is 1.98. The summed E-state index contributed by atoms with van der Waals surface area (Å²) < 4.78 is 37.4. The van der Waals surface area contributed by atoms with Crippen molar-refractivity contribution in [2.45, 2.75) is 25.7 Å². The molecule has 0 aliphatic heterocycles. The van der Waals surface area contributed by atoms with Gasteiger partial charge >= 0.3 is 18.2 Å². The molecule has 3 N–H and O–H groups in total. The normalized spacial score (nSPS) is 12.6. The van der Waals surface area contributed by atoms with Gasteiger partial charge in [-0.25, -0.2) is 4.79 Å². The summed E-state index contributed by atoms with van der Waals surface area (Å²) in [5.74, 6) is -1.21. The fourth-order valence-corrected chi connectivity index (χ4v) is 1.35. The van der Waals surface area contributed by atoms with Crippen LogP contribution in [-0.4, -0.2) is 23.1 Å². The number of carboxylic acid groups (broad SMARTS) is 1. The second-order valence-corrected chi connectivity index (χ2v) is 4.09. The average molecular weight is 290 g/mol. The van der Waals surface area contributed by atoms with Crippen LogP contribution in [0.4, 0.5) is 18.0 Å². The van der Waals surface area contributed by atoms with Crippen LogP contribution in [-0.2, 0) is 17.5 Å². The molecule has 0 aliphatic rings. The molecule has 1 atom stereocenters. The van der Waals surface area contributed by atoms with Gasteiger partial charge in [0, 0.05) is 6.54 Å². The summed E-state index contributed by atoms with van der Waals surface area (Å²) in [4.78, 5) is 21.8. The van der Waals surface area contributed by atoms with Crippen molar-refractivity contribution in [3.63, 3.8) is 0 Å². The number of urea groups is 1. The molecule has 0 fully saturated rings. The number of amides is 2. The third-order valence-electron chi connectivity index (χ3n) is 2.43. The minimum absolute atomic E-state index is 0.137. The van der Waals surface area contributed by atoms with Gasteiger partial charge in [-0.2, -0.15) is 13.2 Å². The highest BCUT2D eigenvalue weighted by Gasteiger charge is 2.30. The molecule has 0 saturated carbocycles. The van der Waals surface area contributed by atoms with E-state index < -0.39 is 29.8 Å². The SMILES string of the molecule is C[C@H](NC(=O)NCc1cccc(C(F)(F)F)c1)C(=O)O. The van der Waals surface area contributed by atoms with E-state index in [1.807, 2.05) is 0 Å². The first-order valence-electron chi connectivity index (χ1n) is 5.63. The Hall–Kier alpha value is -2.25. The smallest absolute Gasteiger partial charge is 0.416 e. The topological polar surface area (TPSA) is 78.4 Å². The van der Waals surface area contributed by atoms with Gasteiger partial charge in [-0.1, -0.05) is 12.1 Å². The van der Waals surface area contributed by atoms with E-state index in [-0.39, 0.29) is 12.1 Å². The third-order valence-corrected chi connectivity index (χ3v) is 2.43. The van der Waals surface area contributed by atoms with Crippen molar-refractivity contribution in [1.82, 2.24) is 10.6 Å². The molecule has 20 heavy (non-hydrogen) atoms. The summed E-state index contributed by atoms with van der Waals surface area (Å²) in [5, 5.41) is 13.0. The van der Waals surface area contributed by atoms with E-state index in [1.165, 1.54) is 19.1 Å². The van der Waals surface area contributed by atoms with Gasteiger partial charge in [0.05, 0.1) is 5.56 Å². The number of nitrogens with one attached hydrogen (secondary N) is 2. The van der Waals surface area contributed by atoms with Crippen LogP contribution in [0.2, 0.25) is 0 Å². The first kappa shape index (κ1) is 15.8. The molecule has 0 saturated heterocycles. The number of carbonyl (C=O) groups is 2. The lowest BCUT2D eigenvalue weighted by atomic mass is 10.1. The molecule has 1 rings (SSSR count). The number of aliphatic carboxylic acids is 1. The molecule has 0 radical (unpaired) electrons. The average Bonchev–Trinajstić information content (AvgIpc) is 2.35. The lowest BCUT2D eigenvalue weighted by Crippen LogP contribution is -2.44. The van der Waals surface area contributed by atoms with Crippen LogP contribution in [0.5, 0.6) is 0 Å². The monoisotopic (exact) mass is 290 g/mol. The van der Waals surface area contributed by atoms with Crippen molar-refractivity contribution < 1.29 is 27.9 Å². The number of alkyl halides is 3. The zero-order valence-electron chi connectivity index (χ0n) is 10.5. The second kappa shape index (κ2) is 6.27. The van der Waals surface area contributed by atoms with Crippen LogP contribution in [0, 0.1) is 0 Å². The summed E-state index contributed by atoms with van der Waals surface area (Å²) in [6.07, 6.45) is -4.45. The third kappa shape index (κ3) is 4.79. The van der Waals surface area contributed by atoms with Gasteiger partial charge in [0.1, 0.15) is 6.04 Å². The highest BCUT2D eigenvalue weighted by molar-refractivity contribution is 5.82. The number of halogens is 3. The molecule has 1 aromatic rings. The van der Waals surface area contributed by atoms with Crippen molar-refractivity contribution in [3.05, 3.63) is 35.4 Å². The minimum atomic E-state index is -4.45. The lowest BCUT2D eigenvalue weighted by Gasteiger charge is -2.12. The summed E-state index contributed by atoms with van der Waals surface area (Å²) in [6, 6.07) is 2.65. The number of benzene rings is 1. The van der Waals surface area contributed by atoms with Gasteiger partial charge in [0.2, 0.25) is 0 Å². The summed E-state index contributed by atoms with van der Waals surface area (Å²) >= 11 is 0. The van der Waals surface area contributed by atoms with Gasteiger partial charge in [-0.15, -0.1) is 0 Å². The molecule has 1 aromatic carbocycles. The number of carbonyl (C=O) groups excluding carboxylic acids is 1. The Morgan fingerprint density at radius 3 is 2.55 bits per heavy atom. The summed E-state index contributed by atoms with van der Waals surface area (Å²) in [7, 11) is 0. The highest BCUT2D eigenvalue weighted by atomic mass is 19.4. The van der Waals surface area contributed by atoms with E-state index in [1.54, 1.807) is 0 Å². The zero-order valence-corrected chi connectivity index (χ0v) is 10.5. The molecule has 0 spiro atoms. The summed E-state index contributed by atoms with van der Waals surface area (Å²) in [6.45, 7) is 1.13. The standard InChI is InChI=1S/C12H13F3N2O3/c1-7(10(18)19)17-11(20)16-6-8-3-2-4-9(5-8)12(13,14)15/h2-5,7H,6H2,1H3,(H,18,19)(H2,16,17,20)/t7-/m0/s1. The van der Waals surface area contributed by atoms with E-state index in [0.717, 1.165) is 12.1 Å². The van der Waals surface area contributed by atoms with E-state index >= 15 is 0 Å². The number of hydrogen-bond donors (Lipinski definition) is 3. The zero-order chi connectivity index (χ0) is 15.3. The van der Waals surface area contributed by atoms with Crippen LogP contribution in [0.3, 0.4) is 0 Å². The molecular weight excluding hydrogens is 277 g/mol.